The van der Waals surface area contributed by atoms with Gasteiger partial charge in [-0.3, -0.25) is 4.90 Å². The molecule has 1 aliphatic rings. The number of hydrogen-bond donors (Lipinski definition) is 1. The van der Waals surface area contributed by atoms with Crippen molar-refractivity contribution in [3.05, 3.63) is 17.7 Å². The standard InChI is InChI=1S/C15H24N2O3/c1-16-5-4-6-17(8-7-16)11-12-9-13(19-2)15(18)14(10-12)20-3/h9-10,18H,4-8,11H2,1-3H3. The summed E-state index contributed by atoms with van der Waals surface area (Å²) in [6.45, 7) is 5.24. The quantitative estimate of drug-likeness (QED) is 0.906. The average Bonchev–Trinajstić information content (AvgIpc) is 2.65. The van der Waals surface area contributed by atoms with Crippen molar-refractivity contribution >= 4 is 0 Å². The second-order valence-electron chi connectivity index (χ2n) is 5.28. The fourth-order valence-corrected chi connectivity index (χ4v) is 2.56. The van der Waals surface area contributed by atoms with Crippen molar-refractivity contribution in [2.45, 2.75) is 13.0 Å². The van der Waals surface area contributed by atoms with E-state index in [2.05, 4.69) is 16.8 Å². The highest BCUT2D eigenvalue weighted by Gasteiger charge is 2.15. The number of hydrogen-bond acceptors (Lipinski definition) is 5. The highest BCUT2D eigenvalue weighted by molar-refractivity contribution is 5.52. The number of rotatable bonds is 4. The summed E-state index contributed by atoms with van der Waals surface area (Å²) in [5.74, 6) is 0.993. The first-order valence-corrected chi connectivity index (χ1v) is 6.98. The third-order valence-electron chi connectivity index (χ3n) is 3.76. The van der Waals surface area contributed by atoms with Crippen LogP contribution in [0.3, 0.4) is 0 Å². The van der Waals surface area contributed by atoms with Gasteiger partial charge in [-0.2, -0.15) is 0 Å². The molecule has 2 rings (SSSR count). The molecule has 0 amide bonds. The number of ether oxygens (including phenoxy) is 2. The molecule has 1 N–H and O–H groups in total. The molecule has 1 heterocycles. The van der Waals surface area contributed by atoms with Crippen molar-refractivity contribution in [2.24, 2.45) is 0 Å². The number of methoxy groups -OCH3 is 2. The smallest absolute Gasteiger partial charge is 0.200 e. The van der Waals surface area contributed by atoms with Crippen molar-refractivity contribution in [3.8, 4) is 17.2 Å². The zero-order chi connectivity index (χ0) is 14.5. The van der Waals surface area contributed by atoms with Gasteiger partial charge in [0.2, 0.25) is 5.75 Å². The molecular weight excluding hydrogens is 256 g/mol. The van der Waals surface area contributed by atoms with Crippen molar-refractivity contribution < 1.29 is 14.6 Å². The highest BCUT2D eigenvalue weighted by Crippen LogP contribution is 2.37. The summed E-state index contributed by atoms with van der Waals surface area (Å²) in [5.41, 5.74) is 1.10. The Bertz CT molecular complexity index is 426. The van der Waals surface area contributed by atoms with Crippen LogP contribution in [0.25, 0.3) is 0 Å². The number of nitrogens with zero attached hydrogens (tertiary/aromatic N) is 2. The molecule has 20 heavy (non-hydrogen) atoms. The van der Waals surface area contributed by atoms with Gasteiger partial charge in [-0.15, -0.1) is 0 Å². The molecule has 0 atom stereocenters. The Labute approximate surface area is 120 Å². The first-order valence-electron chi connectivity index (χ1n) is 6.98. The van der Waals surface area contributed by atoms with Crippen molar-refractivity contribution in [1.29, 1.82) is 0 Å². The van der Waals surface area contributed by atoms with Crippen molar-refractivity contribution in [1.82, 2.24) is 9.80 Å². The lowest BCUT2D eigenvalue weighted by atomic mass is 10.1. The molecule has 0 saturated carbocycles. The summed E-state index contributed by atoms with van der Waals surface area (Å²) in [4.78, 5) is 4.78. The van der Waals surface area contributed by atoms with E-state index < -0.39 is 0 Å². The summed E-state index contributed by atoms with van der Waals surface area (Å²) in [5, 5.41) is 9.93. The zero-order valence-electron chi connectivity index (χ0n) is 12.6. The van der Waals surface area contributed by atoms with E-state index >= 15 is 0 Å². The molecule has 1 aromatic rings. The number of aromatic hydroxyl groups is 1. The van der Waals surface area contributed by atoms with Gasteiger partial charge in [0.05, 0.1) is 14.2 Å². The van der Waals surface area contributed by atoms with E-state index in [4.69, 9.17) is 9.47 Å². The Balaban J connectivity index is 2.12. The molecule has 0 aromatic heterocycles. The monoisotopic (exact) mass is 280 g/mol. The Hall–Kier alpha value is -1.46. The van der Waals surface area contributed by atoms with Crippen LogP contribution in [0.1, 0.15) is 12.0 Å². The average molecular weight is 280 g/mol. The fourth-order valence-electron chi connectivity index (χ4n) is 2.56. The van der Waals surface area contributed by atoms with Crippen molar-refractivity contribution in [2.75, 3.05) is 47.4 Å². The van der Waals surface area contributed by atoms with Gasteiger partial charge in [-0.1, -0.05) is 0 Å². The highest BCUT2D eigenvalue weighted by atomic mass is 16.5. The summed E-state index contributed by atoms with van der Waals surface area (Å²) in [7, 11) is 5.27. The van der Waals surface area contributed by atoms with E-state index in [1.54, 1.807) is 14.2 Å². The van der Waals surface area contributed by atoms with Crippen LogP contribution in [-0.2, 0) is 6.54 Å². The minimum absolute atomic E-state index is 0.0642. The second kappa shape index (κ2) is 6.81. The predicted molar refractivity (Wildman–Crippen MR) is 78.6 cm³/mol. The Morgan fingerprint density at radius 1 is 1.05 bits per heavy atom. The van der Waals surface area contributed by atoms with Crippen LogP contribution in [0.15, 0.2) is 12.1 Å². The summed E-state index contributed by atoms with van der Waals surface area (Å²) >= 11 is 0. The van der Waals surface area contributed by atoms with Gasteiger partial charge in [-0.25, -0.2) is 0 Å². The Morgan fingerprint density at radius 3 is 2.30 bits per heavy atom. The molecule has 5 nitrogen and oxygen atoms in total. The lowest BCUT2D eigenvalue weighted by molar-refractivity contribution is 0.267. The van der Waals surface area contributed by atoms with Gasteiger partial charge in [0.1, 0.15) is 0 Å². The predicted octanol–water partition coefficient (Wildman–Crippen LogP) is 1.55. The zero-order valence-corrected chi connectivity index (χ0v) is 12.6. The number of phenolic OH excluding ortho intramolecular Hbond substituents is 1. The second-order valence-corrected chi connectivity index (χ2v) is 5.28. The molecule has 1 saturated heterocycles. The maximum absolute atomic E-state index is 9.93. The summed E-state index contributed by atoms with van der Waals surface area (Å²) < 4.78 is 10.4. The summed E-state index contributed by atoms with van der Waals surface area (Å²) in [6.07, 6.45) is 1.18. The number of benzene rings is 1. The third kappa shape index (κ3) is 3.55. The van der Waals surface area contributed by atoms with Gasteiger partial charge in [0.15, 0.2) is 11.5 Å². The molecule has 0 radical (unpaired) electrons. The molecule has 0 spiro atoms. The largest absolute Gasteiger partial charge is 0.502 e. The maximum Gasteiger partial charge on any atom is 0.200 e. The van der Waals surface area contributed by atoms with Crippen LogP contribution < -0.4 is 9.47 Å². The lowest BCUT2D eigenvalue weighted by Crippen LogP contribution is -2.28. The first-order chi connectivity index (χ1) is 9.63. The molecule has 0 bridgehead atoms. The number of phenols is 1. The van der Waals surface area contributed by atoms with Gasteiger partial charge in [-0.05, 0) is 44.3 Å². The van der Waals surface area contributed by atoms with Crippen LogP contribution in [0.5, 0.6) is 17.2 Å². The normalized spacial score (nSPS) is 17.8. The Kier molecular flexibility index (Phi) is 5.09. The van der Waals surface area contributed by atoms with Crippen LogP contribution in [0.2, 0.25) is 0 Å². The lowest BCUT2D eigenvalue weighted by Gasteiger charge is -2.21. The van der Waals surface area contributed by atoms with E-state index in [1.807, 2.05) is 12.1 Å². The minimum Gasteiger partial charge on any atom is -0.502 e. The van der Waals surface area contributed by atoms with Crippen LogP contribution in [0.4, 0.5) is 0 Å². The fraction of sp³-hybridized carbons (Fsp3) is 0.600. The SMILES string of the molecule is COc1cc(CN2CCCN(C)CC2)cc(OC)c1O. The minimum atomic E-state index is 0.0642. The van der Waals surface area contributed by atoms with Crippen LogP contribution in [0, 0.1) is 0 Å². The first kappa shape index (κ1) is 14.9. The molecule has 0 unspecified atom stereocenters. The molecule has 1 aromatic carbocycles. The van der Waals surface area contributed by atoms with Crippen molar-refractivity contribution in [3.63, 3.8) is 0 Å². The van der Waals surface area contributed by atoms with Crippen LogP contribution >= 0.6 is 0 Å². The molecule has 1 fully saturated rings. The van der Waals surface area contributed by atoms with Gasteiger partial charge in [0, 0.05) is 19.6 Å². The number of likely N-dealkylation sites (N-methyl/N-ethyl adjacent to an activating group) is 1. The molecule has 5 heteroatoms. The molecule has 112 valence electrons. The van der Waals surface area contributed by atoms with E-state index in [0.717, 1.165) is 38.3 Å². The van der Waals surface area contributed by atoms with Gasteiger partial charge >= 0.3 is 0 Å². The summed E-state index contributed by atoms with van der Waals surface area (Å²) in [6, 6.07) is 3.76. The van der Waals surface area contributed by atoms with Gasteiger partial charge in [0.25, 0.3) is 0 Å². The molecular formula is C15H24N2O3. The van der Waals surface area contributed by atoms with E-state index in [0.29, 0.717) is 11.5 Å². The van der Waals surface area contributed by atoms with E-state index in [-0.39, 0.29) is 5.75 Å². The maximum atomic E-state index is 9.93. The third-order valence-corrected chi connectivity index (χ3v) is 3.76. The van der Waals surface area contributed by atoms with Crippen LogP contribution in [-0.4, -0.2) is 62.4 Å². The molecule has 0 aliphatic carbocycles. The van der Waals surface area contributed by atoms with E-state index in [1.165, 1.54) is 6.42 Å². The topological polar surface area (TPSA) is 45.2 Å². The van der Waals surface area contributed by atoms with E-state index in [9.17, 15) is 5.11 Å². The Morgan fingerprint density at radius 2 is 1.70 bits per heavy atom. The van der Waals surface area contributed by atoms with Gasteiger partial charge < -0.3 is 19.5 Å². The molecule has 1 aliphatic heterocycles.